The second-order valence-corrected chi connectivity index (χ2v) is 6.40. The van der Waals surface area contributed by atoms with Gasteiger partial charge in [0.25, 0.3) is 0 Å². The fourth-order valence-corrected chi connectivity index (χ4v) is 3.15. The summed E-state index contributed by atoms with van der Waals surface area (Å²) in [5, 5.41) is 2.90. The van der Waals surface area contributed by atoms with Gasteiger partial charge in [-0.1, -0.05) is 12.1 Å². The Morgan fingerprint density at radius 2 is 1.83 bits per heavy atom. The second kappa shape index (κ2) is 5.68. The molecule has 1 aliphatic carbocycles. The lowest BCUT2D eigenvalue weighted by Crippen LogP contribution is -2.44. The van der Waals surface area contributed by atoms with Crippen LogP contribution >= 0.6 is 0 Å². The van der Waals surface area contributed by atoms with Crippen LogP contribution in [0.3, 0.4) is 0 Å². The first kappa shape index (κ1) is 16.6. The Labute approximate surface area is 137 Å². The van der Waals surface area contributed by atoms with Gasteiger partial charge in [-0.3, -0.25) is 4.79 Å². The van der Waals surface area contributed by atoms with Crippen LogP contribution < -0.4 is 11.1 Å². The molecule has 1 atom stereocenters. The zero-order chi connectivity index (χ0) is 17.5. The number of hydrogen-bond acceptors (Lipinski definition) is 2. The predicted molar refractivity (Wildman–Crippen MR) is 80.1 cm³/mol. The van der Waals surface area contributed by atoms with E-state index in [1.165, 1.54) is 17.0 Å². The van der Waals surface area contributed by atoms with Crippen LogP contribution in [0.5, 0.6) is 0 Å². The zero-order valence-corrected chi connectivity index (χ0v) is 12.9. The lowest BCUT2D eigenvalue weighted by atomic mass is 9.93. The van der Waals surface area contributed by atoms with Gasteiger partial charge in [0.05, 0.1) is 11.0 Å². The molecule has 0 radical (unpaired) electrons. The number of primary amides is 1. The molecule has 3 rings (SSSR count). The number of carbonyl (C=O) groups excluding carboxylic acids is 2. The number of nitrogens with zero attached hydrogens (tertiary/aromatic N) is 1. The Kier molecular flexibility index (Phi) is 3.93. The maximum atomic E-state index is 12.6. The van der Waals surface area contributed by atoms with Gasteiger partial charge in [-0.05, 0) is 37.0 Å². The van der Waals surface area contributed by atoms with E-state index in [9.17, 15) is 22.8 Å². The van der Waals surface area contributed by atoms with E-state index in [4.69, 9.17) is 5.73 Å². The molecule has 1 aliphatic heterocycles. The molecule has 1 saturated carbocycles. The Morgan fingerprint density at radius 1 is 1.21 bits per heavy atom. The van der Waals surface area contributed by atoms with Crippen LogP contribution in [-0.4, -0.2) is 36.0 Å². The van der Waals surface area contributed by atoms with E-state index in [-0.39, 0.29) is 11.9 Å². The summed E-state index contributed by atoms with van der Waals surface area (Å²) in [5.41, 5.74) is 4.33. The van der Waals surface area contributed by atoms with Crippen LogP contribution in [0.2, 0.25) is 0 Å². The highest BCUT2D eigenvalue weighted by Crippen LogP contribution is 2.49. The van der Waals surface area contributed by atoms with E-state index >= 15 is 0 Å². The molecular formula is C16H18F3N3O2. The van der Waals surface area contributed by atoms with Gasteiger partial charge in [-0.15, -0.1) is 0 Å². The molecule has 24 heavy (non-hydrogen) atoms. The van der Waals surface area contributed by atoms with Gasteiger partial charge in [0.15, 0.2) is 0 Å². The molecule has 0 bridgehead atoms. The van der Waals surface area contributed by atoms with E-state index in [1.807, 2.05) is 0 Å². The van der Waals surface area contributed by atoms with Gasteiger partial charge < -0.3 is 16.0 Å². The number of halogens is 3. The Hall–Kier alpha value is -2.25. The van der Waals surface area contributed by atoms with Crippen molar-refractivity contribution in [3.05, 3.63) is 35.4 Å². The van der Waals surface area contributed by atoms with E-state index in [2.05, 4.69) is 5.32 Å². The highest BCUT2D eigenvalue weighted by Gasteiger charge is 2.52. The summed E-state index contributed by atoms with van der Waals surface area (Å²) >= 11 is 0. The molecule has 1 aromatic rings. The molecule has 5 nitrogen and oxygen atoms in total. The van der Waals surface area contributed by atoms with Gasteiger partial charge in [0.2, 0.25) is 5.91 Å². The summed E-state index contributed by atoms with van der Waals surface area (Å²) in [5.74, 6) is -0.196. The number of hydrogen-bond donors (Lipinski definition) is 2. The van der Waals surface area contributed by atoms with Gasteiger partial charge >= 0.3 is 12.2 Å². The van der Waals surface area contributed by atoms with Crippen LogP contribution in [-0.2, 0) is 16.4 Å². The average Bonchev–Trinajstić information content (AvgIpc) is 3.20. The molecule has 1 aromatic carbocycles. The van der Waals surface area contributed by atoms with Crippen LogP contribution in [0.15, 0.2) is 24.3 Å². The number of benzene rings is 1. The van der Waals surface area contributed by atoms with E-state index < -0.39 is 23.2 Å². The molecule has 1 saturated heterocycles. The fourth-order valence-electron chi connectivity index (χ4n) is 3.15. The number of urea groups is 1. The van der Waals surface area contributed by atoms with Crippen molar-refractivity contribution >= 4 is 11.9 Å². The van der Waals surface area contributed by atoms with Crippen LogP contribution in [0.25, 0.3) is 0 Å². The molecule has 3 amide bonds. The third kappa shape index (κ3) is 3.05. The third-order valence-corrected chi connectivity index (χ3v) is 4.78. The molecule has 0 aromatic heterocycles. The third-order valence-electron chi connectivity index (χ3n) is 4.78. The predicted octanol–water partition coefficient (Wildman–Crippen LogP) is 2.01. The largest absolute Gasteiger partial charge is 0.416 e. The standard InChI is InChI=1S/C16H18F3N3O2/c17-16(18,19)11-3-1-10(2-4-11)15(6-7-15)13(23)21-12-5-8-22(9-12)14(20)24/h1-4,12H,5-9H2,(H2,20,24)(H,21,23)/t12-/m1/s1. The molecule has 3 N–H and O–H groups in total. The summed E-state index contributed by atoms with van der Waals surface area (Å²) in [7, 11) is 0. The fraction of sp³-hybridized carbons (Fsp3) is 0.500. The maximum absolute atomic E-state index is 12.6. The Morgan fingerprint density at radius 3 is 2.29 bits per heavy atom. The minimum Gasteiger partial charge on any atom is -0.351 e. The summed E-state index contributed by atoms with van der Waals surface area (Å²) in [6.45, 7) is 0.859. The SMILES string of the molecule is NC(=O)N1CC[C@@H](NC(=O)C2(c3ccc(C(F)(F)F)cc3)CC2)C1. The zero-order valence-electron chi connectivity index (χ0n) is 12.9. The van der Waals surface area contributed by atoms with E-state index in [0.29, 0.717) is 37.9 Å². The minimum atomic E-state index is -4.39. The molecular weight excluding hydrogens is 323 g/mol. The molecule has 0 unspecified atom stereocenters. The number of amides is 3. The van der Waals surface area contributed by atoms with Gasteiger partial charge in [0.1, 0.15) is 0 Å². The molecule has 8 heteroatoms. The molecule has 2 fully saturated rings. The normalized spacial score (nSPS) is 22.3. The Balaban J connectivity index is 1.68. The number of nitrogens with two attached hydrogens (primary N) is 1. The van der Waals surface area contributed by atoms with Crippen molar-refractivity contribution in [1.29, 1.82) is 0 Å². The van der Waals surface area contributed by atoms with Gasteiger partial charge in [-0.2, -0.15) is 13.2 Å². The van der Waals surface area contributed by atoms with Gasteiger partial charge in [0, 0.05) is 19.1 Å². The van der Waals surface area contributed by atoms with E-state index in [0.717, 1.165) is 12.1 Å². The summed E-state index contributed by atoms with van der Waals surface area (Å²) in [4.78, 5) is 25.2. The van der Waals surface area contributed by atoms with Crippen molar-refractivity contribution in [2.75, 3.05) is 13.1 Å². The lowest BCUT2D eigenvalue weighted by molar-refractivity contribution is -0.137. The average molecular weight is 341 g/mol. The summed E-state index contributed by atoms with van der Waals surface area (Å²) in [6, 6.07) is 4.08. The molecule has 2 aliphatic rings. The van der Waals surface area contributed by atoms with Crippen molar-refractivity contribution in [2.45, 2.75) is 36.9 Å². The first-order chi connectivity index (χ1) is 11.2. The van der Waals surface area contributed by atoms with Crippen molar-refractivity contribution in [3.63, 3.8) is 0 Å². The summed E-state index contributed by atoms with van der Waals surface area (Å²) in [6.07, 6.45) is -2.55. The van der Waals surface area contributed by atoms with Crippen molar-refractivity contribution in [2.24, 2.45) is 5.73 Å². The topological polar surface area (TPSA) is 75.4 Å². The first-order valence-corrected chi connectivity index (χ1v) is 7.75. The van der Waals surface area contributed by atoms with Gasteiger partial charge in [-0.25, -0.2) is 4.79 Å². The molecule has 1 heterocycles. The van der Waals surface area contributed by atoms with Crippen LogP contribution in [0.1, 0.15) is 30.4 Å². The smallest absolute Gasteiger partial charge is 0.351 e. The number of rotatable bonds is 3. The highest BCUT2D eigenvalue weighted by molar-refractivity contribution is 5.91. The Bertz CT molecular complexity index is 654. The number of nitrogens with one attached hydrogen (secondary N) is 1. The summed E-state index contributed by atoms with van der Waals surface area (Å²) < 4.78 is 37.9. The number of alkyl halides is 3. The molecule has 130 valence electrons. The van der Waals surface area contributed by atoms with Crippen LogP contribution in [0.4, 0.5) is 18.0 Å². The quantitative estimate of drug-likeness (QED) is 0.882. The maximum Gasteiger partial charge on any atom is 0.416 e. The van der Waals surface area contributed by atoms with Crippen molar-refractivity contribution in [3.8, 4) is 0 Å². The van der Waals surface area contributed by atoms with E-state index in [1.54, 1.807) is 0 Å². The second-order valence-electron chi connectivity index (χ2n) is 6.40. The minimum absolute atomic E-state index is 0.170. The monoisotopic (exact) mass is 341 g/mol. The van der Waals surface area contributed by atoms with Crippen molar-refractivity contribution in [1.82, 2.24) is 10.2 Å². The first-order valence-electron chi connectivity index (χ1n) is 7.75. The number of carbonyl (C=O) groups is 2. The highest BCUT2D eigenvalue weighted by atomic mass is 19.4. The number of likely N-dealkylation sites (tertiary alicyclic amines) is 1. The van der Waals surface area contributed by atoms with Crippen molar-refractivity contribution < 1.29 is 22.8 Å². The van der Waals surface area contributed by atoms with Crippen LogP contribution in [0, 0.1) is 0 Å². The lowest BCUT2D eigenvalue weighted by Gasteiger charge is -2.20. The molecule has 0 spiro atoms.